The molecule has 0 saturated carbocycles. The van der Waals surface area contributed by atoms with E-state index in [0.717, 1.165) is 6.54 Å². The normalized spacial score (nSPS) is 9.50. The molecule has 14 heavy (non-hydrogen) atoms. The standard InChI is InChI=1S/C9H13N5/c1-2-14(6-4-10)9-8(7-11)3-5-12-13-9/h3,5H,2,4,6,10H2,1H3. The van der Waals surface area contributed by atoms with Gasteiger partial charge in [-0.2, -0.15) is 10.4 Å². The van der Waals surface area contributed by atoms with Crippen LogP contribution < -0.4 is 10.6 Å². The van der Waals surface area contributed by atoms with Crippen molar-refractivity contribution in [3.63, 3.8) is 0 Å². The molecule has 0 saturated heterocycles. The SMILES string of the molecule is CCN(CCN)c1nnccc1C#N. The summed E-state index contributed by atoms with van der Waals surface area (Å²) >= 11 is 0. The molecule has 0 unspecified atom stereocenters. The molecule has 0 radical (unpaired) electrons. The van der Waals surface area contributed by atoms with E-state index in [2.05, 4.69) is 16.3 Å². The molecule has 1 aromatic rings. The Morgan fingerprint density at radius 2 is 2.43 bits per heavy atom. The first-order valence-electron chi connectivity index (χ1n) is 4.50. The Kier molecular flexibility index (Phi) is 3.83. The van der Waals surface area contributed by atoms with Crippen LogP contribution in [0.25, 0.3) is 0 Å². The summed E-state index contributed by atoms with van der Waals surface area (Å²) in [5.74, 6) is 0.614. The molecule has 0 aliphatic rings. The number of anilines is 1. The smallest absolute Gasteiger partial charge is 0.169 e. The predicted octanol–water partition coefficient (Wildman–Crippen LogP) is 0.133. The van der Waals surface area contributed by atoms with Crippen LogP contribution >= 0.6 is 0 Å². The van der Waals surface area contributed by atoms with Crippen LogP contribution in [0, 0.1) is 11.3 Å². The highest BCUT2D eigenvalue weighted by atomic mass is 15.3. The van der Waals surface area contributed by atoms with E-state index < -0.39 is 0 Å². The molecule has 0 aromatic carbocycles. The van der Waals surface area contributed by atoms with Gasteiger partial charge in [-0.15, -0.1) is 5.10 Å². The molecule has 0 atom stereocenters. The predicted molar refractivity (Wildman–Crippen MR) is 53.7 cm³/mol. The molecule has 0 aliphatic heterocycles. The van der Waals surface area contributed by atoms with Gasteiger partial charge in [0.15, 0.2) is 5.82 Å². The quantitative estimate of drug-likeness (QED) is 0.732. The van der Waals surface area contributed by atoms with Crippen LogP contribution in [0.2, 0.25) is 0 Å². The van der Waals surface area contributed by atoms with Crippen LogP contribution in [0.5, 0.6) is 0 Å². The molecule has 5 nitrogen and oxygen atoms in total. The first kappa shape index (κ1) is 10.4. The average Bonchev–Trinajstić information content (AvgIpc) is 2.26. The number of nitrogens with two attached hydrogens (primary N) is 1. The summed E-state index contributed by atoms with van der Waals surface area (Å²) in [6, 6.07) is 3.74. The maximum atomic E-state index is 8.86. The van der Waals surface area contributed by atoms with E-state index >= 15 is 0 Å². The molecule has 0 aliphatic carbocycles. The van der Waals surface area contributed by atoms with Crippen molar-refractivity contribution >= 4 is 5.82 Å². The fraction of sp³-hybridized carbons (Fsp3) is 0.444. The molecule has 2 N–H and O–H groups in total. The summed E-state index contributed by atoms with van der Waals surface area (Å²) in [4.78, 5) is 1.94. The van der Waals surface area contributed by atoms with Crippen LogP contribution in [0.15, 0.2) is 12.3 Å². The molecule has 1 aromatic heterocycles. The van der Waals surface area contributed by atoms with Crippen LogP contribution in [0.3, 0.4) is 0 Å². The Morgan fingerprint density at radius 1 is 1.64 bits per heavy atom. The monoisotopic (exact) mass is 191 g/mol. The number of aromatic nitrogens is 2. The maximum Gasteiger partial charge on any atom is 0.169 e. The van der Waals surface area contributed by atoms with Crippen molar-refractivity contribution in [3.05, 3.63) is 17.8 Å². The average molecular weight is 191 g/mol. The first-order valence-corrected chi connectivity index (χ1v) is 4.50. The third-order valence-electron chi connectivity index (χ3n) is 1.90. The van der Waals surface area contributed by atoms with E-state index in [1.54, 1.807) is 6.07 Å². The zero-order valence-electron chi connectivity index (χ0n) is 8.14. The molecule has 0 fully saturated rings. The summed E-state index contributed by atoms with van der Waals surface area (Å²) in [7, 11) is 0. The lowest BCUT2D eigenvalue weighted by Gasteiger charge is -2.20. The van der Waals surface area contributed by atoms with Crippen molar-refractivity contribution in [2.24, 2.45) is 5.73 Å². The number of nitrogens with zero attached hydrogens (tertiary/aromatic N) is 4. The fourth-order valence-electron chi connectivity index (χ4n) is 1.21. The number of nitriles is 1. The van der Waals surface area contributed by atoms with Gasteiger partial charge in [-0.3, -0.25) is 0 Å². The number of rotatable bonds is 4. The fourth-order valence-corrected chi connectivity index (χ4v) is 1.21. The largest absolute Gasteiger partial charge is 0.353 e. The van der Waals surface area contributed by atoms with Gasteiger partial charge in [0.25, 0.3) is 0 Å². The lowest BCUT2D eigenvalue weighted by atomic mass is 10.3. The van der Waals surface area contributed by atoms with Gasteiger partial charge in [0, 0.05) is 19.6 Å². The van der Waals surface area contributed by atoms with E-state index in [1.165, 1.54) is 6.20 Å². The van der Waals surface area contributed by atoms with Crippen molar-refractivity contribution < 1.29 is 0 Å². The summed E-state index contributed by atoms with van der Waals surface area (Å²) in [6.45, 7) is 3.98. The Hall–Kier alpha value is -1.67. The topological polar surface area (TPSA) is 78.8 Å². The number of likely N-dealkylation sites (N-methyl/N-ethyl adjacent to an activating group) is 1. The minimum Gasteiger partial charge on any atom is -0.353 e. The Balaban J connectivity index is 2.97. The van der Waals surface area contributed by atoms with Gasteiger partial charge in [-0.05, 0) is 13.0 Å². The van der Waals surface area contributed by atoms with Gasteiger partial charge < -0.3 is 10.6 Å². The second-order valence-electron chi connectivity index (χ2n) is 2.75. The van der Waals surface area contributed by atoms with Crippen molar-refractivity contribution in [2.45, 2.75) is 6.92 Å². The van der Waals surface area contributed by atoms with Crippen LogP contribution in [-0.2, 0) is 0 Å². The summed E-state index contributed by atoms with van der Waals surface area (Å²) in [5, 5.41) is 16.6. The van der Waals surface area contributed by atoms with E-state index in [4.69, 9.17) is 11.0 Å². The molecule has 74 valence electrons. The maximum absolute atomic E-state index is 8.86. The van der Waals surface area contributed by atoms with E-state index in [1.807, 2.05) is 11.8 Å². The minimum atomic E-state index is 0.537. The van der Waals surface area contributed by atoms with E-state index in [9.17, 15) is 0 Å². The molecule has 0 bridgehead atoms. The molecule has 0 spiro atoms. The molecule has 1 heterocycles. The van der Waals surface area contributed by atoms with Crippen molar-refractivity contribution in [2.75, 3.05) is 24.5 Å². The van der Waals surface area contributed by atoms with Gasteiger partial charge in [-0.1, -0.05) is 0 Å². The van der Waals surface area contributed by atoms with E-state index in [0.29, 0.717) is 24.5 Å². The molecular formula is C9H13N5. The zero-order valence-corrected chi connectivity index (χ0v) is 8.14. The summed E-state index contributed by atoms with van der Waals surface area (Å²) < 4.78 is 0. The molecular weight excluding hydrogens is 178 g/mol. The number of hydrogen-bond donors (Lipinski definition) is 1. The summed E-state index contributed by atoms with van der Waals surface area (Å²) in [6.07, 6.45) is 1.51. The Bertz CT molecular complexity index is 330. The lowest BCUT2D eigenvalue weighted by molar-refractivity contribution is 0.785. The second kappa shape index (κ2) is 5.14. The minimum absolute atomic E-state index is 0.537. The Morgan fingerprint density at radius 3 is 3.00 bits per heavy atom. The third kappa shape index (κ3) is 2.18. The molecule has 5 heteroatoms. The van der Waals surface area contributed by atoms with E-state index in [-0.39, 0.29) is 0 Å². The van der Waals surface area contributed by atoms with Crippen LogP contribution in [-0.4, -0.2) is 29.8 Å². The first-order chi connectivity index (χ1) is 6.83. The van der Waals surface area contributed by atoms with Gasteiger partial charge in [0.1, 0.15) is 6.07 Å². The lowest BCUT2D eigenvalue weighted by Crippen LogP contribution is -2.30. The van der Waals surface area contributed by atoms with Gasteiger partial charge >= 0.3 is 0 Å². The van der Waals surface area contributed by atoms with Crippen LogP contribution in [0.1, 0.15) is 12.5 Å². The highest BCUT2D eigenvalue weighted by Gasteiger charge is 2.10. The highest BCUT2D eigenvalue weighted by Crippen LogP contribution is 2.13. The van der Waals surface area contributed by atoms with Gasteiger partial charge in [-0.25, -0.2) is 0 Å². The molecule has 0 amide bonds. The second-order valence-corrected chi connectivity index (χ2v) is 2.75. The van der Waals surface area contributed by atoms with Crippen molar-refractivity contribution in [1.82, 2.24) is 10.2 Å². The molecule has 1 rings (SSSR count). The van der Waals surface area contributed by atoms with Crippen molar-refractivity contribution in [1.29, 1.82) is 5.26 Å². The zero-order chi connectivity index (χ0) is 10.4. The summed E-state index contributed by atoms with van der Waals surface area (Å²) in [5.41, 5.74) is 6.00. The van der Waals surface area contributed by atoms with Crippen molar-refractivity contribution in [3.8, 4) is 6.07 Å². The number of hydrogen-bond acceptors (Lipinski definition) is 5. The van der Waals surface area contributed by atoms with Gasteiger partial charge in [0.2, 0.25) is 0 Å². The van der Waals surface area contributed by atoms with Gasteiger partial charge in [0.05, 0.1) is 11.8 Å². The van der Waals surface area contributed by atoms with Crippen LogP contribution in [0.4, 0.5) is 5.82 Å². The Labute approximate surface area is 83.2 Å². The highest BCUT2D eigenvalue weighted by molar-refractivity contribution is 5.52. The third-order valence-corrected chi connectivity index (χ3v) is 1.90.